The van der Waals surface area contributed by atoms with E-state index in [0.29, 0.717) is 6.54 Å². The van der Waals surface area contributed by atoms with E-state index in [1.807, 2.05) is 0 Å². The zero-order valence-electron chi connectivity index (χ0n) is 7.87. The molecule has 0 spiro atoms. The van der Waals surface area contributed by atoms with Crippen LogP contribution in [0, 0.1) is 5.82 Å². The summed E-state index contributed by atoms with van der Waals surface area (Å²) in [6.07, 6.45) is 3.34. The fraction of sp³-hybridized carbons (Fsp3) is 0.100. The molecule has 5 heteroatoms. The topological polar surface area (TPSA) is 60.9 Å². The number of benzene rings is 1. The second kappa shape index (κ2) is 4.00. The molecule has 15 heavy (non-hydrogen) atoms. The predicted octanol–water partition coefficient (Wildman–Crippen LogP) is 1.87. The van der Waals surface area contributed by atoms with Gasteiger partial charge in [0.15, 0.2) is 11.6 Å². The maximum atomic E-state index is 12.9. The Morgan fingerprint density at radius 2 is 2.33 bits per heavy atom. The van der Waals surface area contributed by atoms with Gasteiger partial charge in [0.25, 0.3) is 0 Å². The Morgan fingerprint density at radius 1 is 1.47 bits per heavy atom. The van der Waals surface area contributed by atoms with Crippen LogP contribution >= 0.6 is 0 Å². The molecule has 0 saturated carbocycles. The molecule has 0 saturated heterocycles. The van der Waals surface area contributed by atoms with Crippen LogP contribution in [0.15, 0.2) is 30.6 Å². The number of aromatic nitrogens is 2. The molecule has 2 aromatic rings. The van der Waals surface area contributed by atoms with Gasteiger partial charge in [-0.2, -0.15) is 5.10 Å². The van der Waals surface area contributed by atoms with Crippen LogP contribution in [0.5, 0.6) is 5.75 Å². The Balaban J connectivity index is 2.02. The van der Waals surface area contributed by atoms with Gasteiger partial charge in [0.05, 0.1) is 11.9 Å². The highest BCUT2D eigenvalue weighted by molar-refractivity contribution is 5.39. The molecule has 0 fully saturated rings. The lowest BCUT2D eigenvalue weighted by Crippen LogP contribution is -1.98. The van der Waals surface area contributed by atoms with Crippen LogP contribution in [0.4, 0.5) is 10.1 Å². The maximum absolute atomic E-state index is 12.9. The van der Waals surface area contributed by atoms with Crippen molar-refractivity contribution in [1.82, 2.24) is 10.2 Å². The van der Waals surface area contributed by atoms with Gasteiger partial charge in [0.1, 0.15) is 0 Å². The third-order valence-corrected chi connectivity index (χ3v) is 2.01. The van der Waals surface area contributed by atoms with E-state index in [0.717, 1.165) is 11.3 Å². The van der Waals surface area contributed by atoms with Gasteiger partial charge in [0, 0.05) is 12.7 Å². The van der Waals surface area contributed by atoms with E-state index in [-0.39, 0.29) is 5.75 Å². The van der Waals surface area contributed by atoms with Gasteiger partial charge in [-0.1, -0.05) is 6.07 Å². The van der Waals surface area contributed by atoms with Gasteiger partial charge < -0.3 is 10.4 Å². The van der Waals surface area contributed by atoms with Crippen molar-refractivity contribution in [3.63, 3.8) is 0 Å². The van der Waals surface area contributed by atoms with E-state index in [2.05, 4.69) is 15.5 Å². The van der Waals surface area contributed by atoms with Gasteiger partial charge >= 0.3 is 0 Å². The lowest BCUT2D eigenvalue weighted by atomic mass is 10.2. The average molecular weight is 207 g/mol. The van der Waals surface area contributed by atoms with Crippen molar-refractivity contribution in [3.05, 3.63) is 42.0 Å². The lowest BCUT2D eigenvalue weighted by Gasteiger charge is -2.04. The summed E-state index contributed by atoms with van der Waals surface area (Å²) in [6, 6.07) is 4.29. The molecule has 0 aliphatic heterocycles. The molecule has 0 aliphatic rings. The van der Waals surface area contributed by atoms with Crippen molar-refractivity contribution in [2.24, 2.45) is 0 Å². The number of nitrogens with zero attached hydrogens (tertiary/aromatic N) is 1. The van der Waals surface area contributed by atoms with Gasteiger partial charge in [-0.05, 0) is 17.7 Å². The summed E-state index contributed by atoms with van der Waals surface area (Å²) in [5.41, 5.74) is 1.59. The maximum Gasteiger partial charge on any atom is 0.165 e. The molecule has 1 heterocycles. The molecular formula is C10H10FN3O. The van der Waals surface area contributed by atoms with Crippen molar-refractivity contribution in [2.45, 2.75) is 6.54 Å². The molecule has 2 rings (SSSR count). The average Bonchev–Trinajstić information content (AvgIpc) is 2.73. The fourth-order valence-corrected chi connectivity index (χ4v) is 1.21. The van der Waals surface area contributed by atoms with Crippen molar-refractivity contribution in [2.75, 3.05) is 5.32 Å². The summed E-state index contributed by atoms with van der Waals surface area (Å²) in [7, 11) is 0. The Hall–Kier alpha value is -2.04. The molecule has 1 aromatic carbocycles. The zero-order valence-corrected chi connectivity index (χ0v) is 7.87. The number of nitrogens with one attached hydrogen (secondary N) is 2. The van der Waals surface area contributed by atoms with Gasteiger partial charge in [-0.3, -0.25) is 5.10 Å². The number of aromatic hydroxyl groups is 1. The smallest absolute Gasteiger partial charge is 0.165 e. The first-order valence-electron chi connectivity index (χ1n) is 4.46. The minimum absolute atomic E-state index is 0.331. The number of hydrogen-bond donors (Lipinski definition) is 3. The van der Waals surface area contributed by atoms with Crippen LogP contribution < -0.4 is 5.32 Å². The number of halogens is 1. The summed E-state index contributed by atoms with van der Waals surface area (Å²) < 4.78 is 12.9. The lowest BCUT2D eigenvalue weighted by molar-refractivity contribution is 0.432. The summed E-state index contributed by atoms with van der Waals surface area (Å²) in [5.74, 6) is -0.941. The normalized spacial score (nSPS) is 10.2. The Bertz CT molecular complexity index is 442. The second-order valence-electron chi connectivity index (χ2n) is 3.13. The monoisotopic (exact) mass is 207 g/mol. The number of phenols is 1. The van der Waals surface area contributed by atoms with Crippen LogP contribution in [-0.4, -0.2) is 15.3 Å². The van der Waals surface area contributed by atoms with E-state index in [4.69, 9.17) is 5.11 Å². The number of rotatable bonds is 3. The summed E-state index contributed by atoms with van der Waals surface area (Å²) in [4.78, 5) is 0. The van der Waals surface area contributed by atoms with Crippen LogP contribution in [0.3, 0.4) is 0 Å². The van der Waals surface area contributed by atoms with E-state index >= 15 is 0 Å². The second-order valence-corrected chi connectivity index (χ2v) is 3.13. The van der Waals surface area contributed by atoms with Crippen molar-refractivity contribution in [1.29, 1.82) is 0 Å². The van der Waals surface area contributed by atoms with E-state index in [1.165, 1.54) is 12.1 Å². The highest BCUT2D eigenvalue weighted by atomic mass is 19.1. The zero-order chi connectivity index (χ0) is 10.7. The van der Waals surface area contributed by atoms with Crippen LogP contribution in [-0.2, 0) is 6.54 Å². The fourth-order valence-electron chi connectivity index (χ4n) is 1.21. The Morgan fingerprint density at radius 3 is 3.00 bits per heavy atom. The van der Waals surface area contributed by atoms with E-state index in [1.54, 1.807) is 18.5 Å². The number of H-pyrrole nitrogens is 1. The third-order valence-electron chi connectivity index (χ3n) is 2.01. The van der Waals surface area contributed by atoms with Crippen LogP contribution in [0.2, 0.25) is 0 Å². The molecule has 1 aromatic heterocycles. The predicted molar refractivity (Wildman–Crippen MR) is 54.0 cm³/mol. The van der Waals surface area contributed by atoms with Gasteiger partial charge in [-0.15, -0.1) is 0 Å². The number of aromatic amines is 1. The summed E-state index contributed by atoms with van der Waals surface area (Å²) >= 11 is 0. The highest BCUT2D eigenvalue weighted by Gasteiger charge is 2.01. The molecule has 0 bridgehead atoms. The molecule has 0 aliphatic carbocycles. The molecule has 3 N–H and O–H groups in total. The highest BCUT2D eigenvalue weighted by Crippen LogP contribution is 2.16. The number of hydrogen-bond acceptors (Lipinski definition) is 3. The minimum Gasteiger partial charge on any atom is -0.505 e. The first-order chi connectivity index (χ1) is 7.25. The summed E-state index contributed by atoms with van der Waals surface area (Å²) in [6.45, 7) is 0.483. The van der Waals surface area contributed by atoms with E-state index in [9.17, 15) is 4.39 Å². The molecule has 0 atom stereocenters. The largest absolute Gasteiger partial charge is 0.505 e. The van der Waals surface area contributed by atoms with Crippen LogP contribution in [0.25, 0.3) is 0 Å². The van der Waals surface area contributed by atoms with Crippen molar-refractivity contribution in [3.8, 4) is 5.75 Å². The first-order valence-corrected chi connectivity index (χ1v) is 4.46. The molecule has 4 nitrogen and oxygen atoms in total. The van der Waals surface area contributed by atoms with Gasteiger partial charge in [-0.25, -0.2) is 4.39 Å². The SMILES string of the molecule is Oc1ccc(CNc2cn[nH]c2)cc1F. The first kappa shape index (κ1) is 9.51. The standard InChI is InChI=1S/C10H10FN3O/c11-9-3-7(1-2-10(9)15)4-12-8-5-13-14-6-8/h1-3,5-6,12,15H,4H2,(H,13,14). The van der Waals surface area contributed by atoms with Crippen molar-refractivity contribution < 1.29 is 9.50 Å². The summed E-state index contributed by atoms with van der Waals surface area (Å²) in [5, 5.41) is 18.5. The molecule has 78 valence electrons. The minimum atomic E-state index is -0.610. The van der Waals surface area contributed by atoms with E-state index < -0.39 is 5.82 Å². The Labute approximate surface area is 85.8 Å². The molecule has 0 amide bonds. The van der Waals surface area contributed by atoms with Crippen LogP contribution in [0.1, 0.15) is 5.56 Å². The third kappa shape index (κ3) is 2.25. The molecular weight excluding hydrogens is 197 g/mol. The Kier molecular flexibility index (Phi) is 2.53. The number of phenolic OH excluding ortho intramolecular Hbond substituents is 1. The molecule has 0 unspecified atom stereocenters. The quantitative estimate of drug-likeness (QED) is 0.720. The van der Waals surface area contributed by atoms with Crippen molar-refractivity contribution >= 4 is 5.69 Å². The molecule has 0 radical (unpaired) electrons. The number of anilines is 1. The van der Waals surface area contributed by atoms with Gasteiger partial charge in [0.2, 0.25) is 0 Å².